The van der Waals surface area contributed by atoms with Crippen LogP contribution in [0.5, 0.6) is 0 Å². The Bertz CT molecular complexity index is 268. The van der Waals surface area contributed by atoms with Gasteiger partial charge in [-0.05, 0) is 13.3 Å². The highest BCUT2D eigenvalue weighted by Crippen LogP contribution is 1.82. The average Bonchev–Trinajstić information content (AvgIpc) is 2.19. The summed E-state index contributed by atoms with van der Waals surface area (Å²) in [7, 11) is 0. The van der Waals surface area contributed by atoms with Crippen LogP contribution < -0.4 is 0 Å². The molecule has 0 amide bonds. The summed E-state index contributed by atoms with van der Waals surface area (Å²) in [6.45, 7) is 9.40. The van der Waals surface area contributed by atoms with E-state index in [2.05, 4.69) is 13.2 Å². The Hall–Kier alpha value is -2.11. The first-order chi connectivity index (χ1) is 7.68. The minimum atomic E-state index is -0.981. The maximum Gasteiger partial charge on any atom is 0.330 e. The molecule has 0 radical (unpaired) electrons. The van der Waals surface area contributed by atoms with Crippen LogP contribution in [0, 0.1) is 0 Å². The minimum absolute atomic E-state index is 0.176. The summed E-state index contributed by atoms with van der Waals surface area (Å²) in [5, 5.41) is 23.4. The van der Waals surface area contributed by atoms with Crippen LogP contribution in [0.25, 0.3) is 0 Å². The zero-order chi connectivity index (χ0) is 14.4. The van der Waals surface area contributed by atoms with Crippen molar-refractivity contribution in [1.29, 1.82) is 0 Å². The van der Waals surface area contributed by atoms with Crippen molar-refractivity contribution in [2.45, 2.75) is 26.7 Å². The zero-order valence-electron chi connectivity index (χ0n) is 9.97. The summed E-state index contributed by atoms with van der Waals surface area (Å²) in [6.07, 6.45) is 1.86. The van der Waals surface area contributed by atoms with Crippen molar-refractivity contribution in [2.75, 3.05) is 0 Å². The fourth-order valence-corrected chi connectivity index (χ4v) is 0.214. The molecule has 0 aliphatic rings. The van der Waals surface area contributed by atoms with Gasteiger partial charge in [0.2, 0.25) is 0 Å². The number of hydrogen-bond donors (Lipinski definition) is 3. The van der Waals surface area contributed by atoms with Gasteiger partial charge < -0.3 is 15.3 Å². The highest BCUT2D eigenvalue weighted by Gasteiger charge is 1.90. The lowest BCUT2D eigenvalue weighted by Gasteiger charge is -1.79. The van der Waals surface area contributed by atoms with E-state index < -0.39 is 17.9 Å². The molecule has 0 rings (SSSR count). The van der Waals surface area contributed by atoms with Crippen molar-refractivity contribution < 1.29 is 29.7 Å². The number of carbonyl (C=O) groups is 3. The molecular weight excluding hydrogens is 228 g/mol. The van der Waals surface area contributed by atoms with Gasteiger partial charge in [0.25, 0.3) is 0 Å². The predicted octanol–water partition coefficient (Wildman–Crippen LogP) is 1.78. The van der Waals surface area contributed by atoms with Gasteiger partial charge in [-0.3, -0.25) is 4.79 Å². The number of rotatable bonds is 4. The summed E-state index contributed by atoms with van der Waals surface area (Å²) in [5.41, 5.74) is 0.176. The lowest BCUT2D eigenvalue weighted by atomic mass is 10.4. The Morgan fingerprint density at radius 2 is 1.47 bits per heavy atom. The third-order valence-corrected chi connectivity index (χ3v) is 1.00. The number of carboxylic acid groups (broad SMARTS) is 3. The molecule has 0 bridgehead atoms. The van der Waals surface area contributed by atoms with Crippen molar-refractivity contribution >= 4 is 17.9 Å². The van der Waals surface area contributed by atoms with Gasteiger partial charge in [0.05, 0.1) is 0 Å². The molecule has 0 aromatic carbocycles. The molecule has 6 nitrogen and oxygen atoms in total. The normalized spacial score (nSPS) is 7.41. The Balaban J connectivity index is -0.000000174. The fourth-order valence-electron chi connectivity index (χ4n) is 0.214. The first-order valence-corrected chi connectivity index (χ1v) is 4.64. The smallest absolute Gasteiger partial charge is 0.330 e. The van der Waals surface area contributed by atoms with Gasteiger partial charge in [0, 0.05) is 18.1 Å². The molecule has 0 unspecified atom stereocenters. The molecule has 0 aliphatic heterocycles. The highest BCUT2D eigenvalue weighted by atomic mass is 16.4. The second-order valence-electron chi connectivity index (χ2n) is 2.77. The molecular formula is C11H18O6. The van der Waals surface area contributed by atoms with Crippen LogP contribution in [0.2, 0.25) is 0 Å². The van der Waals surface area contributed by atoms with E-state index in [1.807, 2.05) is 6.92 Å². The molecule has 0 saturated heterocycles. The summed E-state index contributed by atoms with van der Waals surface area (Å²) in [4.78, 5) is 28.4. The first-order valence-electron chi connectivity index (χ1n) is 4.64. The number of carboxylic acids is 3. The van der Waals surface area contributed by atoms with Gasteiger partial charge >= 0.3 is 17.9 Å². The summed E-state index contributed by atoms with van der Waals surface area (Å²) in [6, 6.07) is 0. The maximum atomic E-state index is 9.60. The lowest BCUT2D eigenvalue weighted by Crippen LogP contribution is -1.92. The monoisotopic (exact) mass is 246 g/mol. The van der Waals surface area contributed by atoms with Gasteiger partial charge in [0.1, 0.15) is 0 Å². The second-order valence-corrected chi connectivity index (χ2v) is 2.77. The van der Waals surface area contributed by atoms with Crippen LogP contribution in [0.15, 0.2) is 24.8 Å². The molecule has 3 N–H and O–H groups in total. The third-order valence-electron chi connectivity index (χ3n) is 1.00. The molecule has 98 valence electrons. The summed E-state index contributed by atoms with van der Waals surface area (Å²) in [5.74, 6) is -2.63. The van der Waals surface area contributed by atoms with Crippen molar-refractivity contribution in [3.8, 4) is 0 Å². The number of hydrogen-bond acceptors (Lipinski definition) is 3. The van der Waals surface area contributed by atoms with Crippen LogP contribution in [0.3, 0.4) is 0 Å². The molecule has 0 aliphatic carbocycles. The molecule has 0 heterocycles. The van der Waals surface area contributed by atoms with Crippen molar-refractivity contribution in [3.05, 3.63) is 24.8 Å². The largest absolute Gasteiger partial charge is 0.481 e. The molecule has 0 saturated carbocycles. The second kappa shape index (κ2) is 13.9. The topological polar surface area (TPSA) is 112 Å². The van der Waals surface area contributed by atoms with Crippen LogP contribution in [-0.4, -0.2) is 33.2 Å². The third kappa shape index (κ3) is 41.4. The Morgan fingerprint density at radius 1 is 1.18 bits per heavy atom. The van der Waals surface area contributed by atoms with Crippen molar-refractivity contribution in [3.63, 3.8) is 0 Å². The predicted molar refractivity (Wildman–Crippen MR) is 62.8 cm³/mol. The molecule has 0 aromatic heterocycles. The zero-order valence-corrected chi connectivity index (χ0v) is 9.97. The van der Waals surface area contributed by atoms with Gasteiger partial charge in [-0.25, -0.2) is 9.59 Å². The van der Waals surface area contributed by atoms with E-state index in [0.29, 0.717) is 6.42 Å². The van der Waals surface area contributed by atoms with Crippen molar-refractivity contribution in [1.82, 2.24) is 0 Å². The van der Waals surface area contributed by atoms with E-state index in [0.717, 1.165) is 12.5 Å². The molecule has 0 atom stereocenters. The summed E-state index contributed by atoms with van der Waals surface area (Å²) >= 11 is 0. The van der Waals surface area contributed by atoms with Crippen LogP contribution in [0.4, 0.5) is 0 Å². The van der Waals surface area contributed by atoms with E-state index in [-0.39, 0.29) is 5.57 Å². The van der Waals surface area contributed by atoms with Gasteiger partial charge in [-0.1, -0.05) is 20.1 Å². The molecule has 6 heteroatoms. The van der Waals surface area contributed by atoms with Crippen LogP contribution in [-0.2, 0) is 14.4 Å². The first kappa shape index (κ1) is 20.3. The quantitative estimate of drug-likeness (QED) is 0.652. The molecule has 17 heavy (non-hydrogen) atoms. The van der Waals surface area contributed by atoms with Gasteiger partial charge in [-0.2, -0.15) is 0 Å². The van der Waals surface area contributed by atoms with E-state index >= 15 is 0 Å². The van der Waals surface area contributed by atoms with E-state index in [1.165, 1.54) is 6.92 Å². The SMILES string of the molecule is C=C(C)C(=O)O.C=CC(=O)O.CCCC(=O)O. The Kier molecular flexibility index (Phi) is 16.6. The molecule has 0 fully saturated rings. The van der Waals surface area contributed by atoms with E-state index in [1.54, 1.807) is 0 Å². The molecule has 0 spiro atoms. The standard InChI is InChI=1S/C4H6O2.C4H8O2.C3H4O2/c1-3(2)4(5)6;1-2-3-4(5)6;1-2-3(4)5/h1H2,2H3,(H,5,6);2-3H2,1H3,(H,5,6);2H,1H2,(H,4,5). The average molecular weight is 246 g/mol. The van der Waals surface area contributed by atoms with E-state index in [9.17, 15) is 14.4 Å². The Labute approximate surface area is 99.9 Å². The highest BCUT2D eigenvalue weighted by molar-refractivity contribution is 5.84. The number of aliphatic carboxylic acids is 3. The van der Waals surface area contributed by atoms with Gasteiger partial charge in [-0.15, -0.1) is 0 Å². The van der Waals surface area contributed by atoms with Gasteiger partial charge in [0.15, 0.2) is 0 Å². The van der Waals surface area contributed by atoms with Crippen molar-refractivity contribution in [2.24, 2.45) is 0 Å². The maximum absolute atomic E-state index is 9.60. The fraction of sp³-hybridized carbons (Fsp3) is 0.364. The lowest BCUT2D eigenvalue weighted by molar-refractivity contribution is -0.137. The molecule has 0 aromatic rings. The summed E-state index contributed by atoms with van der Waals surface area (Å²) < 4.78 is 0. The van der Waals surface area contributed by atoms with E-state index in [4.69, 9.17) is 15.3 Å². The minimum Gasteiger partial charge on any atom is -0.481 e. The Morgan fingerprint density at radius 3 is 1.47 bits per heavy atom. The van der Waals surface area contributed by atoms with Crippen LogP contribution >= 0.6 is 0 Å². The van der Waals surface area contributed by atoms with Crippen LogP contribution in [0.1, 0.15) is 26.7 Å².